The Balaban J connectivity index is 3.20. The molecule has 1 aliphatic heterocycles. The van der Waals surface area contributed by atoms with Gasteiger partial charge in [0.05, 0.1) is 5.54 Å². The highest BCUT2D eigenvalue weighted by molar-refractivity contribution is 5.98. The van der Waals surface area contributed by atoms with Gasteiger partial charge in [0.2, 0.25) is 0 Å². The zero-order chi connectivity index (χ0) is 11.4. The summed E-state index contributed by atoms with van der Waals surface area (Å²) < 4.78 is 0. The number of hydrogen-bond acceptors (Lipinski definition) is 3. The molecule has 14 heavy (non-hydrogen) atoms. The van der Waals surface area contributed by atoms with Crippen LogP contribution in [0.4, 0.5) is 0 Å². The number of hydroxylamine groups is 2. The predicted octanol–water partition coefficient (Wildman–Crippen LogP) is 2.69. The molecule has 1 heterocycles. The standard InChI is InChI=1S/C11H22N2O/c1-9(2,3)8-10(4,5)13(14)11(6,7)12-8/h14H,1-7H3. The van der Waals surface area contributed by atoms with E-state index >= 15 is 0 Å². The molecule has 1 N–H and O–H groups in total. The van der Waals surface area contributed by atoms with Gasteiger partial charge in [-0.1, -0.05) is 20.8 Å². The molecule has 0 saturated carbocycles. The summed E-state index contributed by atoms with van der Waals surface area (Å²) in [5.74, 6) is 0. The second kappa shape index (κ2) is 2.80. The van der Waals surface area contributed by atoms with Gasteiger partial charge >= 0.3 is 0 Å². The van der Waals surface area contributed by atoms with Crippen molar-refractivity contribution in [3.05, 3.63) is 0 Å². The third-order valence-electron chi connectivity index (χ3n) is 2.72. The maximum Gasteiger partial charge on any atom is 0.130 e. The molecule has 1 aliphatic rings. The lowest BCUT2D eigenvalue weighted by atomic mass is 9.80. The number of hydrogen-bond donors (Lipinski definition) is 1. The first-order chi connectivity index (χ1) is 5.99. The highest BCUT2D eigenvalue weighted by Crippen LogP contribution is 2.39. The molecule has 1 rings (SSSR count). The highest BCUT2D eigenvalue weighted by Gasteiger charge is 2.50. The van der Waals surface area contributed by atoms with Crippen LogP contribution in [0.15, 0.2) is 4.99 Å². The summed E-state index contributed by atoms with van der Waals surface area (Å²) in [6.45, 7) is 14.2. The third kappa shape index (κ3) is 1.59. The molecule has 0 aromatic carbocycles. The molecular formula is C11H22N2O. The predicted molar refractivity (Wildman–Crippen MR) is 58.7 cm³/mol. The Labute approximate surface area is 86.8 Å². The van der Waals surface area contributed by atoms with Gasteiger partial charge < -0.3 is 5.21 Å². The first kappa shape index (κ1) is 11.7. The van der Waals surface area contributed by atoms with Crippen LogP contribution in [-0.4, -0.2) is 27.2 Å². The maximum absolute atomic E-state index is 10.0. The summed E-state index contributed by atoms with van der Waals surface area (Å²) in [7, 11) is 0. The van der Waals surface area contributed by atoms with Crippen LogP contribution in [-0.2, 0) is 0 Å². The molecule has 0 bridgehead atoms. The normalized spacial score (nSPS) is 26.4. The largest absolute Gasteiger partial charge is 0.311 e. The molecule has 0 spiro atoms. The molecule has 0 aromatic rings. The Morgan fingerprint density at radius 3 is 1.71 bits per heavy atom. The van der Waals surface area contributed by atoms with Crippen molar-refractivity contribution in [1.82, 2.24) is 5.06 Å². The van der Waals surface area contributed by atoms with E-state index < -0.39 is 5.66 Å². The Morgan fingerprint density at radius 1 is 1.14 bits per heavy atom. The van der Waals surface area contributed by atoms with Crippen molar-refractivity contribution in [3.8, 4) is 0 Å². The van der Waals surface area contributed by atoms with Gasteiger partial charge in [-0.3, -0.25) is 4.99 Å². The van der Waals surface area contributed by atoms with E-state index in [0.29, 0.717) is 0 Å². The number of nitrogens with zero attached hydrogens (tertiary/aromatic N) is 2. The SMILES string of the molecule is CC(C)(C)C1=NC(C)(C)N(O)C1(C)C. The molecule has 0 radical (unpaired) electrons. The molecule has 0 amide bonds. The van der Waals surface area contributed by atoms with Crippen LogP contribution >= 0.6 is 0 Å². The van der Waals surface area contributed by atoms with E-state index in [9.17, 15) is 5.21 Å². The van der Waals surface area contributed by atoms with Crippen molar-refractivity contribution in [3.63, 3.8) is 0 Å². The summed E-state index contributed by atoms with van der Waals surface area (Å²) in [5.41, 5.74) is 0.170. The molecule has 0 unspecified atom stereocenters. The lowest BCUT2D eigenvalue weighted by molar-refractivity contribution is -0.188. The van der Waals surface area contributed by atoms with Crippen molar-refractivity contribution in [2.75, 3.05) is 0 Å². The smallest absolute Gasteiger partial charge is 0.130 e. The molecule has 82 valence electrons. The van der Waals surface area contributed by atoms with E-state index in [1.807, 2.05) is 27.7 Å². The monoisotopic (exact) mass is 198 g/mol. The van der Waals surface area contributed by atoms with Gasteiger partial charge in [-0.2, -0.15) is 5.06 Å². The topological polar surface area (TPSA) is 35.8 Å². The van der Waals surface area contributed by atoms with Gasteiger partial charge in [0.25, 0.3) is 0 Å². The van der Waals surface area contributed by atoms with Gasteiger partial charge in [0.15, 0.2) is 0 Å². The summed E-state index contributed by atoms with van der Waals surface area (Å²) in [6.07, 6.45) is 0. The molecular weight excluding hydrogens is 176 g/mol. The number of rotatable bonds is 0. The van der Waals surface area contributed by atoms with Crippen LogP contribution in [0.1, 0.15) is 48.5 Å². The fourth-order valence-corrected chi connectivity index (χ4v) is 2.33. The van der Waals surface area contributed by atoms with Gasteiger partial charge in [-0.05, 0) is 27.7 Å². The van der Waals surface area contributed by atoms with Crippen molar-refractivity contribution >= 4 is 5.71 Å². The minimum absolute atomic E-state index is 0.00174. The average molecular weight is 198 g/mol. The zero-order valence-corrected chi connectivity index (χ0v) is 10.3. The second-order valence-corrected chi connectivity index (χ2v) is 6.08. The Morgan fingerprint density at radius 2 is 1.57 bits per heavy atom. The first-order valence-electron chi connectivity index (χ1n) is 5.09. The third-order valence-corrected chi connectivity index (χ3v) is 2.72. The fraction of sp³-hybridized carbons (Fsp3) is 0.909. The lowest BCUT2D eigenvalue weighted by Crippen LogP contribution is -2.52. The Kier molecular flexibility index (Phi) is 2.33. The van der Waals surface area contributed by atoms with Gasteiger partial charge in [-0.15, -0.1) is 0 Å². The summed E-state index contributed by atoms with van der Waals surface area (Å²) in [4.78, 5) is 4.62. The summed E-state index contributed by atoms with van der Waals surface area (Å²) in [5, 5.41) is 11.4. The first-order valence-corrected chi connectivity index (χ1v) is 5.09. The molecule has 0 aliphatic carbocycles. The van der Waals surface area contributed by atoms with Crippen LogP contribution in [0.2, 0.25) is 0 Å². The summed E-state index contributed by atoms with van der Waals surface area (Å²) in [6, 6.07) is 0. The van der Waals surface area contributed by atoms with Crippen LogP contribution in [0.25, 0.3) is 0 Å². The summed E-state index contributed by atoms with van der Waals surface area (Å²) >= 11 is 0. The van der Waals surface area contributed by atoms with Crippen LogP contribution < -0.4 is 0 Å². The quantitative estimate of drug-likeness (QED) is 0.649. The highest BCUT2D eigenvalue weighted by atomic mass is 16.5. The van der Waals surface area contributed by atoms with Crippen LogP contribution in [0.3, 0.4) is 0 Å². The maximum atomic E-state index is 10.0. The van der Waals surface area contributed by atoms with Gasteiger partial charge in [0, 0.05) is 11.1 Å². The molecule has 0 saturated heterocycles. The van der Waals surface area contributed by atoms with E-state index in [1.54, 1.807) is 0 Å². The molecule has 3 heteroatoms. The average Bonchev–Trinajstić information content (AvgIpc) is 2.10. The second-order valence-electron chi connectivity index (χ2n) is 6.08. The van der Waals surface area contributed by atoms with Crippen LogP contribution in [0, 0.1) is 5.41 Å². The van der Waals surface area contributed by atoms with Gasteiger partial charge in [-0.25, -0.2) is 0 Å². The Bertz CT molecular complexity index is 272. The lowest BCUT2D eigenvalue weighted by Gasteiger charge is -2.36. The molecule has 0 aromatic heterocycles. The van der Waals surface area contributed by atoms with E-state index in [4.69, 9.17) is 0 Å². The minimum atomic E-state index is -0.508. The zero-order valence-electron chi connectivity index (χ0n) is 10.3. The van der Waals surface area contributed by atoms with Crippen molar-refractivity contribution in [2.45, 2.75) is 59.7 Å². The van der Waals surface area contributed by atoms with Crippen LogP contribution in [0.5, 0.6) is 0 Å². The molecule has 0 atom stereocenters. The van der Waals surface area contributed by atoms with E-state index in [0.717, 1.165) is 5.71 Å². The van der Waals surface area contributed by atoms with Crippen molar-refractivity contribution < 1.29 is 5.21 Å². The van der Waals surface area contributed by atoms with Gasteiger partial charge in [0.1, 0.15) is 5.66 Å². The van der Waals surface area contributed by atoms with Crippen molar-refractivity contribution in [2.24, 2.45) is 10.4 Å². The van der Waals surface area contributed by atoms with E-state index in [1.165, 1.54) is 5.06 Å². The molecule has 0 fully saturated rings. The van der Waals surface area contributed by atoms with E-state index in [2.05, 4.69) is 25.8 Å². The molecule has 3 nitrogen and oxygen atoms in total. The Hall–Kier alpha value is -0.410. The minimum Gasteiger partial charge on any atom is -0.311 e. The fourth-order valence-electron chi connectivity index (χ4n) is 2.33. The van der Waals surface area contributed by atoms with E-state index in [-0.39, 0.29) is 11.0 Å². The van der Waals surface area contributed by atoms with Crippen molar-refractivity contribution in [1.29, 1.82) is 0 Å². The number of aliphatic imine (C=N–C) groups is 1.